The molecule has 0 spiro atoms. The molecule has 0 aliphatic carbocycles. The van der Waals surface area contributed by atoms with E-state index in [-0.39, 0.29) is 18.2 Å². The minimum absolute atomic E-state index is 0. The lowest BCUT2D eigenvalue weighted by atomic mass is 10.1. The Bertz CT molecular complexity index is 221. The Kier molecular flexibility index (Phi) is 4.50. The number of halogens is 1. The highest BCUT2D eigenvalue weighted by molar-refractivity contribution is 5.96. The second kappa shape index (κ2) is 4.88. The fourth-order valence-corrected chi connectivity index (χ4v) is 0.715. The first-order valence-electron chi connectivity index (χ1n) is 3.03. The van der Waals surface area contributed by atoms with E-state index in [0.29, 0.717) is 5.56 Å². The third kappa shape index (κ3) is 2.70. The molecule has 0 saturated heterocycles. The molecular formula is C8H9ClO2. The Hall–Kier alpha value is -0.860. The highest BCUT2D eigenvalue weighted by atomic mass is 35.5. The molecule has 0 heterocycles. The molecule has 1 aromatic carbocycles. The van der Waals surface area contributed by atoms with Crippen LogP contribution in [-0.2, 0) is 0 Å². The van der Waals surface area contributed by atoms with Gasteiger partial charge in [0, 0.05) is 5.56 Å². The molecule has 0 amide bonds. The average molecular weight is 173 g/mol. The van der Waals surface area contributed by atoms with Gasteiger partial charge in [-0.15, -0.1) is 12.4 Å². The van der Waals surface area contributed by atoms with Crippen molar-refractivity contribution >= 4 is 18.2 Å². The van der Waals surface area contributed by atoms with Crippen LogP contribution in [0.3, 0.4) is 0 Å². The molecule has 1 N–H and O–H groups in total. The Morgan fingerprint density at radius 3 is 2.27 bits per heavy atom. The number of carbonyl (C=O) groups excluding carboxylic acids is 1. The fourth-order valence-electron chi connectivity index (χ4n) is 0.715. The Labute approximate surface area is 71.3 Å². The topological polar surface area (TPSA) is 37.3 Å². The number of hydrogen-bond donors (Lipinski definition) is 1. The lowest BCUT2D eigenvalue weighted by molar-refractivity contribution is 0.0904. The number of rotatable bonds is 2. The first-order valence-corrected chi connectivity index (χ1v) is 3.03. The van der Waals surface area contributed by atoms with E-state index in [9.17, 15) is 4.79 Å². The van der Waals surface area contributed by atoms with Crippen LogP contribution in [0.2, 0.25) is 0 Å². The van der Waals surface area contributed by atoms with E-state index in [1.165, 1.54) is 0 Å². The summed E-state index contributed by atoms with van der Waals surface area (Å²) in [5, 5.41) is 8.44. The van der Waals surface area contributed by atoms with Crippen LogP contribution in [0.5, 0.6) is 0 Å². The summed E-state index contributed by atoms with van der Waals surface area (Å²) in [5.74, 6) is -0.236. The van der Waals surface area contributed by atoms with Gasteiger partial charge in [-0.25, -0.2) is 0 Å². The maximum Gasteiger partial charge on any atom is 0.188 e. The highest BCUT2D eigenvalue weighted by Gasteiger charge is 1.99. The summed E-state index contributed by atoms with van der Waals surface area (Å²) in [7, 11) is 0. The molecule has 0 saturated carbocycles. The van der Waals surface area contributed by atoms with Crippen LogP contribution in [0.15, 0.2) is 30.3 Å². The lowest BCUT2D eigenvalue weighted by Gasteiger charge is -1.93. The largest absolute Gasteiger partial charge is 0.388 e. The molecule has 0 aliphatic rings. The van der Waals surface area contributed by atoms with E-state index in [1.54, 1.807) is 24.3 Å². The molecule has 0 atom stereocenters. The van der Waals surface area contributed by atoms with E-state index in [2.05, 4.69) is 0 Å². The van der Waals surface area contributed by atoms with Crippen LogP contribution in [0, 0.1) is 0 Å². The fraction of sp³-hybridized carbons (Fsp3) is 0.125. The van der Waals surface area contributed by atoms with Crippen LogP contribution in [0.4, 0.5) is 0 Å². The van der Waals surface area contributed by atoms with Crippen molar-refractivity contribution in [3.63, 3.8) is 0 Å². The van der Waals surface area contributed by atoms with Crippen molar-refractivity contribution in [3.05, 3.63) is 35.9 Å². The minimum atomic E-state index is -0.413. The van der Waals surface area contributed by atoms with E-state index in [0.717, 1.165) is 0 Å². The summed E-state index contributed by atoms with van der Waals surface area (Å²) in [5.41, 5.74) is 0.560. The predicted octanol–water partition coefficient (Wildman–Crippen LogP) is 1.28. The van der Waals surface area contributed by atoms with Crippen molar-refractivity contribution in [1.29, 1.82) is 0 Å². The first-order chi connectivity index (χ1) is 4.84. The van der Waals surface area contributed by atoms with Gasteiger partial charge in [0.2, 0.25) is 0 Å². The van der Waals surface area contributed by atoms with Gasteiger partial charge < -0.3 is 5.11 Å². The molecule has 0 unspecified atom stereocenters. The molecule has 11 heavy (non-hydrogen) atoms. The van der Waals surface area contributed by atoms with E-state index in [4.69, 9.17) is 5.11 Å². The summed E-state index contributed by atoms with van der Waals surface area (Å²) in [6.07, 6.45) is 0. The SMILES string of the molecule is Cl.O=C(CO)c1ccccc1. The molecule has 3 heteroatoms. The molecule has 0 aromatic heterocycles. The van der Waals surface area contributed by atoms with Crippen LogP contribution in [-0.4, -0.2) is 17.5 Å². The molecular weight excluding hydrogens is 164 g/mol. The second-order valence-corrected chi connectivity index (χ2v) is 1.95. The predicted molar refractivity (Wildman–Crippen MR) is 45.1 cm³/mol. The van der Waals surface area contributed by atoms with Gasteiger partial charge >= 0.3 is 0 Å². The van der Waals surface area contributed by atoms with Crippen molar-refractivity contribution < 1.29 is 9.90 Å². The van der Waals surface area contributed by atoms with Crippen molar-refractivity contribution in [2.24, 2.45) is 0 Å². The van der Waals surface area contributed by atoms with Gasteiger partial charge in [-0.05, 0) is 0 Å². The van der Waals surface area contributed by atoms with Crippen molar-refractivity contribution in [2.45, 2.75) is 0 Å². The molecule has 0 bridgehead atoms. The molecule has 1 aromatic rings. The number of aliphatic hydroxyl groups is 1. The summed E-state index contributed by atoms with van der Waals surface area (Å²) >= 11 is 0. The minimum Gasteiger partial charge on any atom is -0.388 e. The number of benzene rings is 1. The smallest absolute Gasteiger partial charge is 0.188 e. The Balaban J connectivity index is 0.000001000. The third-order valence-corrected chi connectivity index (χ3v) is 1.24. The van der Waals surface area contributed by atoms with Gasteiger partial charge in [0.1, 0.15) is 6.61 Å². The number of ketones is 1. The summed E-state index contributed by atoms with van der Waals surface area (Å²) < 4.78 is 0. The number of aliphatic hydroxyl groups excluding tert-OH is 1. The summed E-state index contributed by atoms with van der Waals surface area (Å²) in [4.78, 5) is 10.8. The van der Waals surface area contributed by atoms with Crippen molar-refractivity contribution in [3.8, 4) is 0 Å². The first kappa shape index (κ1) is 10.1. The Morgan fingerprint density at radius 1 is 1.27 bits per heavy atom. The van der Waals surface area contributed by atoms with Crippen LogP contribution in [0.25, 0.3) is 0 Å². The van der Waals surface area contributed by atoms with Crippen LogP contribution in [0.1, 0.15) is 10.4 Å². The highest BCUT2D eigenvalue weighted by Crippen LogP contribution is 1.97. The zero-order valence-corrected chi connectivity index (χ0v) is 6.67. The maximum atomic E-state index is 10.8. The standard InChI is InChI=1S/C8H8O2.ClH/c9-6-8(10)7-4-2-1-3-5-7;/h1-5,9H,6H2;1H. The normalized spacial score (nSPS) is 8.45. The number of Topliss-reactive ketones (excluding diaryl/α,β-unsaturated/α-hetero) is 1. The molecule has 0 fully saturated rings. The van der Waals surface area contributed by atoms with Gasteiger partial charge in [0.05, 0.1) is 0 Å². The van der Waals surface area contributed by atoms with Crippen LogP contribution >= 0.6 is 12.4 Å². The zero-order chi connectivity index (χ0) is 7.40. The molecule has 0 radical (unpaired) electrons. The van der Waals surface area contributed by atoms with Crippen molar-refractivity contribution in [1.82, 2.24) is 0 Å². The van der Waals surface area contributed by atoms with Gasteiger partial charge in [-0.3, -0.25) is 4.79 Å². The molecule has 1 rings (SSSR count). The quantitative estimate of drug-likeness (QED) is 0.683. The van der Waals surface area contributed by atoms with Crippen molar-refractivity contribution in [2.75, 3.05) is 6.61 Å². The van der Waals surface area contributed by atoms with Gasteiger partial charge in [-0.1, -0.05) is 30.3 Å². The molecule has 60 valence electrons. The van der Waals surface area contributed by atoms with E-state index >= 15 is 0 Å². The lowest BCUT2D eigenvalue weighted by Crippen LogP contribution is -2.02. The average Bonchev–Trinajstić information content (AvgIpc) is 2.05. The van der Waals surface area contributed by atoms with E-state index < -0.39 is 6.61 Å². The van der Waals surface area contributed by atoms with E-state index in [1.807, 2.05) is 6.07 Å². The summed E-state index contributed by atoms with van der Waals surface area (Å²) in [6.45, 7) is -0.413. The van der Waals surface area contributed by atoms with Crippen LogP contribution < -0.4 is 0 Å². The third-order valence-electron chi connectivity index (χ3n) is 1.24. The molecule has 0 aliphatic heterocycles. The van der Waals surface area contributed by atoms with Gasteiger partial charge in [-0.2, -0.15) is 0 Å². The second-order valence-electron chi connectivity index (χ2n) is 1.95. The monoisotopic (exact) mass is 172 g/mol. The summed E-state index contributed by atoms with van der Waals surface area (Å²) in [6, 6.07) is 8.72. The Morgan fingerprint density at radius 2 is 1.82 bits per heavy atom. The van der Waals surface area contributed by atoms with Gasteiger partial charge in [0.25, 0.3) is 0 Å². The maximum absolute atomic E-state index is 10.8. The number of carbonyl (C=O) groups is 1. The molecule has 2 nitrogen and oxygen atoms in total. The van der Waals surface area contributed by atoms with Gasteiger partial charge in [0.15, 0.2) is 5.78 Å². The number of hydrogen-bond acceptors (Lipinski definition) is 2. The zero-order valence-electron chi connectivity index (χ0n) is 5.86.